The van der Waals surface area contributed by atoms with Gasteiger partial charge in [0.2, 0.25) is 5.91 Å². The number of benzene rings is 1. The molecule has 1 aromatic carbocycles. The van der Waals surface area contributed by atoms with Gasteiger partial charge in [0.15, 0.2) is 0 Å². The number of allylic oxidation sites excluding steroid dienone is 2. The third-order valence-corrected chi connectivity index (χ3v) is 7.72. The van der Waals surface area contributed by atoms with Crippen molar-refractivity contribution in [1.82, 2.24) is 9.88 Å². The van der Waals surface area contributed by atoms with E-state index in [-0.39, 0.29) is 13.0 Å². The minimum absolute atomic E-state index is 0.0980. The van der Waals surface area contributed by atoms with Crippen molar-refractivity contribution in [2.75, 3.05) is 13.1 Å². The summed E-state index contributed by atoms with van der Waals surface area (Å²) in [6.45, 7) is 4.15. The van der Waals surface area contributed by atoms with E-state index in [9.17, 15) is 22.8 Å². The number of halogens is 3. The Kier molecular flexibility index (Phi) is 6.05. The van der Waals surface area contributed by atoms with E-state index in [1.807, 2.05) is 19.9 Å². The zero-order valence-electron chi connectivity index (χ0n) is 18.8. The largest absolute Gasteiger partial charge is 0.416 e. The van der Waals surface area contributed by atoms with Crippen LogP contribution in [0.15, 0.2) is 41.5 Å². The zero-order valence-corrected chi connectivity index (χ0v) is 19.6. The van der Waals surface area contributed by atoms with Gasteiger partial charge in [0.1, 0.15) is 0 Å². The van der Waals surface area contributed by atoms with Crippen LogP contribution < -0.4 is 11.5 Å². The van der Waals surface area contributed by atoms with Crippen molar-refractivity contribution in [1.29, 1.82) is 0 Å². The van der Waals surface area contributed by atoms with Crippen molar-refractivity contribution in [2.45, 2.75) is 39.3 Å². The number of carbonyl (C=O) groups excluding carboxylic acids is 2. The number of nitrogens with zero attached hydrogens (tertiary/aromatic N) is 2. The van der Waals surface area contributed by atoms with Gasteiger partial charge in [-0.05, 0) is 61.1 Å². The average Bonchev–Trinajstić information content (AvgIpc) is 3.09. The molecule has 6 nitrogen and oxygen atoms in total. The van der Waals surface area contributed by atoms with Crippen LogP contribution in [-0.4, -0.2) is 34.9 Å². The maximum Gasteiger partial charge on any atom is 0.416 e. The van der Waals surface area contributed by atoms with E-state index in [4.69, 9.17) is 11.5 Å². The normalized spacial score (nSPS) is 20.7. The monoisotopic (exact) mass is 490 g/mol. The summed E-state index contributed by atoms with van der Waals surface area (Å²) in [5.74, 6) is -0.545. The number of aryl methyl sites for hydroxylation is 2. The van der Waals surface area contributed by atoms with Crippen molar-refractivity contribution >= 4 is 28.8 Å². The first-order valence-corrected chi connectivity index (χ1v) is 11.6. The predicted molar refractivity (Wildman–Crippen MR) is 124 cm³/mol. The quantitative estimate of drug-likeness (QED) is 0.666. The SMILES string of the molecule is Cc1nc(C)c(CC2(C(N)=O)CC=C(c3cccc(C(F)(F)F)c3)C3=C2CN(C(N)=O)CC3)s1. The molecule has 0 spiro atoms. The lowest BCUT2D eigenvalue weighted by molar-refractivity contribution is -0.137. The number of amides is 3. The summed E-state index contributed by atoms with van der Waals surface area (Å²) in [4.78, 5) is 31.8. The molecule has 1 atom stereocenters. The molecule has 0 saturated carbocycles. The second kappa shape index (κ2) is 8.57. The van der Waals surface area contributed by atoms with Crippen LogP contribution in [0.5, 0.6) is 0 Å². The lowest BCUT2D eigenvalue weighted by Crippen LogP contribution is -2.50. The highest BCUT2D eigenvalue weighted by Crippen LogP contribution is 2.49. The lowest BCUT2D eigenvalue weighted by atomic mass is 9.65. The molecule has 4 N–H and O–H groups in total. The first-order valence-electron chi connectivity index (χ1n) is 10.8. The maximum absolute atomic E-state index is 13.4. The summed E-state index contributed by atoms with van der Waals surface area (Å²) in [6.07, 6.45) is -1.80. The van der Waals surface area contributed by atoms with Gasteiger partial charge in [-0.25, -0.2) is 9.78 Å². The summed E-state index contributed by atoms with van der Waals surface area (Å²) in [5.41, 5.74) is 12.9. The molecule has 180 valence electrons. The first kappa shape index (κ1) is 24.0. The van der Waals surface area contributed by atoms with E-state index < -0.39 is 29.1 Å². The van der Waals surface area contributed by atoms with E-state index >= 15 is 0 Å². The van der Waals surface area contributed by atoms with Crippen LogP contribution in [0.1, 0.15) is 39.5 Å². The van der Waals surface area contributed by atoms with Gasteiger partial charge in [0.05, 0.1) is 21.7 Å². The second-order valence-electron chi connectivity index (χ2n) is 8.73. The van der Waals surface area contributed by atoms with Gasteiger partial charge in [-0.15, -0.1) is 11.3 Å². The Morgan fingerprint density at radius 2 is 1.97 bits per heavy atom. The lowest BCUT2D eigenvalue weighted by Gasteiger charge is -2.43. The molecule has 10 heteroatoms. The van der Waals surface area contributed by atoms with Gasteiger partial charge < -0.3 is 16.4 Å². The summed E-state index contributed by atoms with van der Waals surface area (Å²) in [5, 5.41) is 0.861. The third kappa shape index (κ3) is 4.22. The summed E-state index contributed by atoms with van der Waals surface area (Å²) in [7, 11) is 0. The Bertz CT molecular complexity index is 1230. The predicted octanol–water partition coefficient (Wildman–Crippen LogP) is 4.36. The average molecular weight is 491 g/mol. The molecular weight excluding hydrogens is 465 g/mol. The number of carbonyl (C=O) groups is 2. The van der Waals surface area contributed by atoms with Crippen LogP contribution >= 0.6 is 11.3 Å². The number of aromatic nitrogens is 1. The van der Waals surface area contributed by atoms with E-state index in [0.717, 1.165) is 33.3 Å². The number of urea groups is 1. The van der Waals surface area contributed by atoms with Crippen LogP contribution in [0.25, 0.3) is 5.57 Å². The minimum atomic E-state index is -4.48. The minimum Gasteiger partial charge on any atom is -0.369 e. The summed E-state index contributed by atoms with van der Waals surface area (Å²) >= 11 is 1.48. The van der Waals surface area contributed by atoms with Crippen LogP contribution in [-0.2, 0) is 17.4 Å². The zero-order chi connectivity index (χ0) is 24.8. The van der Waals surface area contributed by atoms with Crippen molar-refractivity contribution in [2.24, 2.45) is 16.9 Å². The smallest absolute Gasteiger partial charge is 0.369 e. The number of hydrogen-bond acceptors (Lipinski definition) is 4. The third-order valence-electron chi connectivity index (χ3n) is 6.65. The highest BCUT2D eigenvalue weighted by molar-refractivity contribution is 7.11. The van der Waals surface area contributed by atoms with Gasteiger partial charge >= 0.3 is 12.2 Å². The van der Waals surface area contributed by atoms with E-state index in [2.05, 4.69) is 4.98 Å². The van der Waals surface area contributed by atoms with Crippen LogP contribution in [0.2, 0.25) is 0 Å². The molecule has 2 aliphatic rings. The van der Waals surface area contributed by atoms with Crippen LogP contribution in [0, 0.1) is 19.3 Å². The van der Waals surface area contributed by atoms with Gasteiger partial charge in [-0.1, -0.05) is 18.2 Å². The summed E-state index contributed by atoms with van der Waals surface area (Å²) in [6, 6.07) is 4.52. The molecule has 0 radical (unpaired) electrons. The number of alkyl halides is 3. The number of primary amides is 2. The van der Waals surface area contributed by atoms with Gasteiger partial charge in [0, 0.05) is 24.4 Å². The molecule has 0 bridgehead atoms. The van der Waals surface area contributed by atoms with Crippen LogP contribution in [0.4, 0.5) is 18.0 Å². The summed E-state index contributed by atoms with van der Waals surface area (Å²) < 4.78 is 40.1. The molecule has 34 heavy (non-hydrogen) atoms. The van der Waals surface area contributed by atoms with Crippen molar-refractivity contribution < 1.29 is 22.8 Å². The Balaban J connectivity index is 1.86. The molecule has 2 heterocycles. The highest BCUT2D eigenvalue weighted by Gasteiger charge is 2.47. The number of hydrogen-bond donors (Lipinski definition) is 2. The highest BCUT2D eigenvalue weighted by atomic mass is 32.1. The number of rotatable bonds is 4. The van der Waals surface area contributed by atoms with E-state index in [0.29, 0.717) is 36.1 Å². The van der Waals surface area contributed by atoms with Gasteiger partial charge in [-0.3, -0.25) is 4.79 Å². The Morgan fingerprint density at radius 1 is 1.24 bits per heavy atom. The fourth-order valence-corrected chi connectivity index (χ4v) is 5.94. The Morgan fingerprint density at radius 3 is 2.56 bits per heavy atom. The molecule has 2 aromatic rings. The van der Waals surface area contributed by atoms with Gasteiger partial charge in [-0.2, -0.15) is 13.2 Å². The second-order valence-corrected chi connectivity index (χ2v) is 10.0. The Labute approximate surface area is 199 Å². The molecule has 1 unspecified atom stereocenters. The van der Waals surface area contributed by atoms with Crippen molar-refractivity contribution in [3.8, 4) is 0 Å². The fourth-order valence-electron chi connectivity index (χ4n) is 4.89. The molecule has 1 aliphatic carbocycles. The van der Waals surface area contributed by atoms with E-state index in [1.54, 1.807) is 6.07 Å². The Hall–Kier alpha value is -3.14. The standard InChI is InChI=1S/C24H25F3N4O2S/c1-13-20(34-14(2)30-13)11-23(21(28)32)8-6-17(15-4-3-5-16(10-15)24(25,26)27)18-7-9-31(22(29)33)12-19(18)23/h3-6,10H,7-9,11-12H2,1-2H3,(H2,28,32)(H2,29,33). The molecule has 3 amide bonds. The van der Waals surface area contributed by atoms with Crippen molar-refractivity contribution in [3.63, 3.8) is 0 Å². The molecule has 1 aliphatic heterocycles. The first-order chi connectivity index (χ1) is 15.9. The molecular formula is C24H25F3N4O2S. The molecule has 0 fully saturated rings. The maximum atomic E-state index is 13.4. The number of nitrogens with two attached hydrogens (primary N) is 2. The molecule has 0 saturated heterocycles. The molecule has 4 rings (SSSR count). The fraction of sp³-hybridized carbons (Fsp3) is 0.375. The number of thiazole rings is 1. The topological polar surface area (TPSA) is 102 Å². The van der Waals surface area contributed by atoms with E-state index in [1.165, 1.54) is 22.3 Å². The molecule has 1 aromatic heterocycles. The van der Waals surface area contributed by atoms with Crippen LogP contribution in [0.3, 0.4) is 0 Å². The van der Waals surface area contributed by atoms with Crippen molar-refractivity contribution in [3.05, 3.63) is 68.2 Å². The van der Waals surface area contributed by atoms with Gasteiger partial charge in [0.25, 0.3) is 0 Å².